The van der Waals surface area contributed by atoms with E-state index >= 15 is 0 Å². The molecule has 2 aromatic carbocycles. The molecule has 1 aliphatic heterocycles. The van der Waals surface area contributed by atoms with E-state index in [9.17, 15) is 23.1 Å². The minimum atomic E-state index is -3.67. The fourth-order valence-corrected chi connectivity index (χ4v) is 5.20. The van der Waals surface area contributed by atoms with Crippen LogP contribution in [0.25, 0.3) is 21.8 Å². The number of carboxylic acids is 1. The summed E-state index contributed by atoms with van der Waals surface area (Å²) in [6, 6.07) is 14.2. The summed E-state index contributed by atoms with van der Waals surface area (Å²) in [5.41, 5.74) is 2.61. The molecule has 1 aliphatic rings. The largest absolute Gasteiger partial charge is 0.550 e. The topological polar surface area (TPSA) is 126 Å². The summed E-state index contributed by atoms with van der Waals surface area (Å²) in [4.78, 5) is 27.2. The van der Waals surface area contributed by atoms with Crippen LogP contribution in [0.4, 0.5) is 5.69 Å². The summed E-state index contributed by atoms with van der Waals surface area (Å²) >= 11 is 0. The number of carboxylic acid groups (broad SMARTS) is 1. The molecule has 0 aliphatic carbocycles. The monoisotopic (exact) mass is 438 g/mol. The van der Waals surface area contributed by atoms with E-state index in [2.05, 4.69) is 9.97 Å². The molecule has 0 saturated heterocycles. The maximum absolute atomic E-state index is 13.2. The van der Waals surface area contributed by atoms with Gasteiger partial charge < -0.3 is 19.9 Å². The molecule has 0 radical (unpaired) electrons. The highest BCUT2D eigenvalue weighted by molar-refractivity contribution is 7.92. The smallest absolute Gasteiger partial charge is 0.272 e. The zero-order chi connectivity index (χ0) is 22.2. The fraction of sp³-hybridized carbons (Fsp3) is 0.182. The Hall–Kier alpha value is -3.59. The van der Waals surface area contributed by atoms with Gasteiger partial charge in [-0.15, -0.1) is 0 Å². The van der Waals surface area contributed by atoms with Crippen LogP contribution in [0.3, 0.4) is 0 Å². The number of aliphatic carboxylic acids is 1. The molecular formula is C22H20N3O5S-. The molecule has 2 aromatic heterocycles. The normalized spacial score (nSPS) is 13.1. The van der Waals surface area contributed by atoms with Gasteiger partial charge in [-0.05, 0) is 48.7 Å². The lowest BCUT2D eigenvalue weighted by molar-refractivity contribution is -0.305. The molecule has 0 atom stereocenters. The SMILES string of the molecule is CCC(=O)[O-].O=c1[nH]c2ccc(S(=O)(=O)N3CCc4ccccc43)cc2c2cc[nH]c12. The number of rotatable bonds is 3. The number of hydrogen-bond acceptors (Lipinski definition) is 5. The Morgan fingerprint density at radius 3 is 2.61 bits per heavy atom. The maximum Gasteiger partial charge on any atom is 0.272 e. The molecule has 2 N–H and O–H groups in total. The van der Waals surface area contributed by atoms with Crippen LogP contribution in [-0.4, -0.2) is 30.9 Å². The van der Waals surface area contributed by atoms with Gasteiger partial charge in [-0.1, -0.05) is 25.1 Å². The second-order valence-corrected chi connectivity index (χ2v) is 8.97. The van der Waals surface area contributed by atoms with Gasteiger partial charge in [0, 0.05) is 35.0 Å². The van der Waals surface area contributed by atoms with E-state index in [0.29, 0.717) is 34.8 Å². The van der Waals surface area contributed by atoms with Gasteiger partial charge in [0.25, 0.3) is 15.6 Å². The van der Waals surface area contributed by atoms with E-state index < -0.39 is 16.0 Å². The molecule has 160 valence electrons. The number of aromatic amines is 2. The first kappa shape index (κ1) is 20.7. The Kier molecular flexibility index (Phi) is 5.28. The number of aromatic nitrogens is 2. The summed E-state index contributed by atoms with van der Waals surface area (Å²) in [5.74, 6) is -0.995. The van der Waals surface area contributed by atoms with Crippen LogP contribution >= 0.6 is 0 Å². The van der Waals surface area contributed by atoms with E-state index in [-0.39, 0.29) is 16.9 Å². The molecule has 3 heterocycles. The fourth-order valence-electron chi connectivity index (χ4n) is 3.67. The molecule has 0 unspecified atom stereocenters. The number of carbonyl (C=O) groups is 1. The average Bonchev–Trinajstić information content (AvgIpc) is 3.42. The highest BCUT2D eigenvalue weighted by Gasteiger charge is 2.30. The van der Waals surface area contributed by atoms with Crippen molar-refractivity contribution in [3.8, 4) is 0 Å². The lowest BCUT2D eigenvalue weighted by Gasteiger charge is -2.19. The Morgan fingerprint density at radius 2 is 1.87 bits per heavy atom. The first-order valence-electron chi connectivity index (χ1n) is 9.76. The van der Waals surface area contributed by atoms with Gasteiger partial charge in [0.05, 0.1) is 10.6 Å². The van der Waals surface area contributed by atoms with Crippen molar-refractivity contribution < 1.29 is 18.3 Å². The van der Waals surface area contributed by atoms with Crippen LogP contribution in [-0.2, 0) is 21.2 Å². The molecular weight excluding hydrogens is 418 g/mol. The van der Waals surface area contributed by atoms with E-state index in [4.69, 9.17) is 0 Å². The van der Waals surface area contributed by atoms with Crippen LogP contribution in [0.1, 0.15) is 18.9 Å². The zero-order valence-corrected chi connectivity index (χ0v) is 17.5. The van der Waals surface area contributed by atoms with Crippen molar-refractivity contribution in [2.75, 3.05) is 10.8 Å². The molecule has 0 saturated carbocycles. The van der Waals surface area contributed by atoms with E-state index in [1.165, 1.54) is 11.2 Å². The van der Waals surface area contributed by atoms with Gasteiger partial charge in [-0.25, -0.2) is 8.42 Å². The molecule has 9 heteroatoms. The lowest BCUT2D eigenvalue weighted by Crippen LogP contribution is -2.29. The van der Waals surface area contributed by atoms with Crippen molar-refractivity contribution in [1.29, 1.82) is 0 Å². The van der Waals surface area contributed by atoms with Crippen molar-refractivity contribution in [2.24, 2.45) is 0 Å². The predicted octanol–water partition coefficient (Wildman–Crippen LogP) is 1.91. The summed E-state index contributed by atoms with van der Waals surface area (Å²) in [5, 5.41) is 10.7. The quantitative estimate of drug-likeness (QED) is 0.505. The van der Waals surface area contributed by atoms with Crippen molar-refractivity contribution in [1.82, 2.24) is 9.97 Å². The van der Waals surface area contributed by atoms with Gasteiger partial charge in [-0.3, -0.25) is 9.10 Å². The number of para-hydroxylation sites is 1. The highest BCUT2D eigenvalue weighted by Crippen LogP contribution is 2.33. The Labute approximate surface area is 178 Å². The number of pyridine rings is 1. The third-order valence-electron chi connectivity index (χ3n) is 5.22. The van der Waals surface area contributed by atoms with Gasteiger partial charge in [-0.2, -0.15) is 0 Å². The van der Waals surface area contributed by atoms with Crippen LogP contribution in [0.5, 0.6) is 0 Å². The first-order valence-corrected chi connectivity index (χ1v) is 11.2. The maximum atomic E-state index is 13.2. The highest BCUT2D eigenvalue weighted by atomic mass is 32.2. The van der Waals surface area contributed by atoms with Gasteiger partial charge in [0.15, 0.2) is 0 Å². The van der Waals surface area contributed by atoms with Crippen LogP contribution < -0.4 is 15.0 Å². The van der Waals surface area contributed by atoms with Crippen LogP contribution in [0.2, 0.25) is 0 Å². The second kappa shape index (κ2) is 7.92. The standard InChI is InChI=1S/C19H15N3O3S.C3H6O2/c23-19-18-14(7-9-20-18)15-11-13(5-6-16(15)21-19)26(24,25)22-10-8-12-3-1-2-4-17(12)22;1-2-3(4)5/h1-7,9,11,20H,8,10H2,(H,21,23);2H2,1H3,(H,4,5)/p-1. The van der Waals surface area contributed by atoms with Crippen molar-refractivity contribution in [3.63, 3.8) is 0 Å². The number of carbonyl (C=O) groups excluding carboxylic acids is 1. The number of nitrogens with zero attached hydrogens (tertiary/aromatic N) is 1. The second-order valence-electron chi connectivity index (χ2n) is 7.11. The minimum absolute atomic E-state index is 0.111. The van der Waals surface area contributed by atoms with E-state index in [1.807, 2.05) is 24.3 Å². The minimum Gasteiger partial charge on any atom is -0.550 e. The Morgan fingerprint density at radius 1 is 1.13 bits per heavy atom. The number of benzene rings is 2. The molecule has 0 bridgehead atoms. The lowest BCUT2D eigenvalue weighted by atomic mass is 10.1. The van der Waals surface area contributed by atoms with Crippen molar-refractivity contribution >= 4 is 43.5 Å². The van der Waals surface area contributed by atoms with Crippen LogP contribution in [0.15, 0.2) is 64.4 Å². The molecule has 8 nitrogen and oxygen atoms in total. The average molecular weight is 438 g/mol. The number of fused-ring (bicyclic) bond motifs is 4. The van der Waals surface area contributed by atoms with E-state index in [1.54, 1.807) is 30.5 Å². The van der Waals surface area contributed by atoms with Gasteiger partial charge >= 0.3 is 0 Å². The molecule has 0 fully saturated rings. The molecule has 4 aromatic rings. The first-order chi connectivity index (χ1) is 14.8. The van der Waals surface area contributed by atoms with Gasteiger partial charge in [0.2, 0.25) is 0 Å². The molecule has 0 spiro atoms. The molecule has 5 rings (SSSR count). The number of hydrogen-bond donors (Lipinski definition) is 2. The third kappa shape index (κ3) is 3.68. The zero-order valence-electron chi connectivity index (χ0n) is 16.7. The summed E-state index contributed by atoms with van der Waals surface area (Å²) in [7, 11) is -3.67. The van der Waals surface area contributed by atoms with Crippen molar-refractivity contribution in [2.45, 2.75) is 24.7 Å². The summed E-state index contributed by atoms with van der Waals surface area (Å²) in [6.45, 7) is 1.97. The summed E-state index contributed by atoms with van der Waals surface area (Å²) in [6.07, 6.45) is 2.50. The Bertz CT molecular complexity index is 1450. The Balaban J connectivity index is 0.000000418. The number of anilines is 1. The van der Waals surface area contributed by atoms with Crippen LogP contribution in [0, 0.1) is 0 Å². The van der Waals surface area contributed by atoms with Crippen molar-refractivity contribution in [3.05, 3.63) is 70.6 Å². The van der Waals surface area contributed by atoms with E-state index in [0.717, 1.165) is 11.3 Å². The number of nitrogens with one attached hydrogen (secondary N) is 2. The molecule has 0 amide bonds. The number of sulfonamides is 1. The predicted molar refractivity (Wildman–Crippen MR) is 116 cm³/mol. The van der Waals surface area contributed by atoms with Gasteiger partial charge in [0.1, 0.15) is 5.52 Å². The third-order valence-corrected chi connectivity index (χ3v) is 7.03. The molecule has 31 heavy (non-hydrogen) atoms. The summed E-state index contributed by atoms with van der Waals surface area (Å²) < 4.78 is 27.9. The number of H-pyrrole nitrogens is 2.